The number of amides is 1. The first kappa shape index (κ1) is 19.2. The van der Waals surface area contributed by atoms with Gasteiger partial charge in [0.15, 0.2) is 29.0 Å². The van der Waals surface area contributed by atoms with Crippen molar-refractivity contribution < 1.29 is 35.5 Å². The Morgan fingerprint density at radius 1 is 1.11 bits per heavy atom. The molecule has 1 aliphatic rings. The number of carbonyl (C=O) groups excluding carboxylic acids is 1. The van der Waals surface area contributed by atoms with Gasteiger partial charge in [0.05, 0.1) is 0 Å². The average molecular weight is 395 g/mol. The summed E-state index contributed by atoms with van der Waals surface area (Å²) >= 11 is 0. The quantitative estimate of drug-likeness (QED) is 0.604. The van der Waals surface area contributed by atoms with Crippen molar-refractivity contribution in [2.24, 2.45) is 0 Å². The first-order valence-corrected chi connectivity index (χ1v) is 7.85. The predicted octanol–water partition coefficient (Wildman–Crippen LogP) is 4.36. The number of aromatic nitrogens is 2. The third kappa shape index (κ3) is 4.06. The normalized spacial score (nSPS) is 14.5. The zero-order valence-corrected chi connectivity index (χ0v) is 13.5. The van der Waals surface area contributed by atoms with Gasteiger partial charge in [0.1, 0.15) is 5.69 Å². The maximum absolute atomic E-state index is 13.5. The lowest BCUT2D eigenvalue weighted by molar-refractivity contribution is -0.141. The summed E-state index contributed by atoms with van der Waals surface area (Å²) in [6, 6.07) is 0.890. The standard InChI is InChI=1S/C16H12F7N3O/c17-8-5-9(18)14(20)15(13(8)19)24-12(27)3-4-26-10(7-1-2-7)6-11(25-26)16(21,22)23/h5-7H,1-4H2,(H,24,27). The van der Waals surface area contributed by atoms with E-state index >= 15 is 0 Å². The second-order valence-electron chi connectivity index (χ2n) is 6.09. The SMILES string of the molecule is O=C(CCn1nc(C(F)(F)F)cc1C1CC1)Nc1c(F)c(F)cc(F)c1F. The van der Waals surface area contributed by atoms with Crippen molar-refractivity contribution >= 4 is 11.6 Å². The molecule has 0 aliphatic heterocycles. The van der Waals surface area contributed by atoms with E-state index in [0.29, 0.717) is 18.5 Å². The van der Waals surface area contributed by atoms with E-state index in [2.05, 4.69) is 5.10 Å². The Morgan fingerprint density at radius 3 is 2.22 bits per heavy atom. The molecule has 1 fully saturated rings. The molecule has 27 heavy (non-hydrogen) atoms. The van der Waals surface area contributed by atoms with Crippen LogP contribution in [-0.2, 0) is 17.5 Å². The smallest absolute Gasteiger partial charge is 0.321 e. The van der Waals surface area contributed by atoms with E-state index in [4.69, 9.17) is 0 Å². The number of hydrogen-bond donors (Lipinski definition) is 1. The molecule has 0 spiro atoms. The number of nitrogens with one attached hydrogen (secondary N) is 1. The number of halogens is 7. The third-order valence-electron chi connectivity index (χ3n) is 4.02. The Morgan fingerprint density at radius 2 is 1.70 bits per heavy atom. The van der Waals surface area contributed by atoms with Gasteiger partial charge in [0.25, 0.3) is 0 Å². The second kappa shape index (κ2) is 6.86. The van der Waals surface area contributed by atoms with Crippen LogP contribution in [0.5, 0.6) is 0 Å². The zero-order chi connectivity index (χ0) is 19.9. The highest BCUT2D eigenvalue weighted by Gasteiger charge is 2.37. The molecular formula is C16H12F7N3O. The van der Waals surface area contributed by atoms with Gasteiger partial charge in [-0.2, -0.15) is 18.3 Å². The van der Waals surface area contributed by atoms with Crippen LogP contribution in [0.1, 0.15) is 36.6 Å². The summed E-state index contributed by atoms with van der Waals surface area (Å²) in [6.45, 7) is -0.297. The summed E-state index contributed by atoms with van der Waals surface area (Å²) in [5, 5.41) is 5.13. The monoisotopic (exact) mass is 395 g/mol. The van der Waals surface area contributed by atoms with Crippen LogP contribution in [0.3, 0.4) is 0 Å². The fourth-order valence-electron chi connectivity index (χ4n) is 2.55. The number of benzene rings is 1. The van der Waals surface area contributed by atoms with Crippen LogP contribution in [0.4, 0.5) is 36.4 Å². The molecule has 0 unspecified atom stereocenters. The van der Waals surface area contributed by atoms with E-state index in [1.807, 2.05) is 0 Å². The van der Waals surface area contributed by atoms with Gasteiger partial charge in [0.2, 0.25) is 5.91 Å². The summed E-state index contributed by atoms with van der Waals surface area (Å²) in [4.78, 5) is 11.9. The summed E-state index contributed by atoms with van der Waals surface area (Å²) < 4.78 is 92.8. The van der Waals surface area contributed by atoms with Crippen LogP contribution in [0, 0.1) is 23.3 Å². The molecule has 0 bridgehead atoms. The summed E-state index contributed by atoms with van der Waals surface area (Å²) in [5.41, 5.74) is -2.09. The lowest BCUT2D eigenvalue weighted by atomic mass is 10.2. The van der Waals surface area contributed by atoms with Crippen LogP contribution >= 0.6 is 0 Å². The van der Waals surface area contributed by atoms with Crippen molar-refractivity contribution in [3.8, 4) is 0 Å². The zero-order valence-electron chi connectivity index (χ0n) is 13.5. The lowest BCUT2D eigenvalue weighted by Crippen LogP contribution is -2.19. The van der Waals surface area contributed by atoms with E-state index in [1.165, 1.54) is 0 Å². The van der Waals surface area contributed by atoms with Crippen LogP contribution in [0.15, 0.2) is 12.1 Å². The fraction of sp³-hybridized carbons (Fsp3) is 0.375. The first-order chi connectivity index (χ1) is 12.6. The molecule has 1 aromatic carbocycles. The molecule has 1 amide bonds. The first-order valence-electron chi connectivity index (χ1n) is 7.85. The number of nitrogens with zero attached hydrogens (tertiary/aromatic N) is 2. The molecule has 4 nitrogen and oxygen atoms in total. The Hall–Kier alpha value is -2.59. The van der Waals surface area contributed by atoms with Gasteiger partial charge >= 0.3 is 6.18 Å². The van der Waals surface area contributed by atoms with Crippen molar-refractivity contribution in [3.05, 3.63) is 46.8 Å². The van der Waals surface area contributed by atoms with Crippen LogP contribution < -0.4 is 5.32 Å². The summed E-state index contributed by atoms with van der Waals surface area (Å²) in [7, 11) is 0. The summed E-state index contributed by atoms with van der Waals surface area (Å²) in [5.74, 6) is -8.07. The number of alkyl halides is 3. The van der Waals surface area contributed by atoms with Crippen LogP contribution in [0.25, 0.3) is 0 Å². The highest BCUT2D eigenvalue weighted by Crippen LogP contribution is 2.42. The highest BCUT2D eigenvalue weighted by molar-refractivity contribution is 5.90. The van der Waals surface area contributed by atoms with E-state index in [0.717, 1.165) is 10.7 Å². The molecule has 1 heterocycles. The van der Waals surface area contributed by atoms with Crippen LogP contribution in [0.2, 0.25) is 0 Å². The molecule has 1 aliphatic carbocycles. The van der Waals surface area contributed by atoms with E-state index < -0.39 is 53.2 Å². The molecular weight excluding hydrogens is 383 g/mol. The van der Waals surface area contributed by atoms with Crippen molar-refractivity contribution in [1.82, 2.24) is 9.78 Å². The van der Waals surface area contributed by atoms with E-state index in [1.54, 1.807) is 5.32 Å². The van der Waals surface area contributed by atoms with E-state index in [-0.39, 0.29) is 18.5 Å². The van der Waals surface area contributed by atoms with Gasteiger partial charge in [-0.15, -0.1) is 0 Å². The molecule has 146 valence electrons. The molecule has 1 aromatic heterocycles. The van der Waals surface area contributed by atoms with Gasteiger partial charge in [-0.25, -0.2) is 17.6 Å². The second-order valence-corrected chi connectivity index (χ2v) is 6.09. The van der Waals surface area contributed by atoms with Crippen molar-refractivity contribution in [3.63, 3.8) is 0 Å². The van der Waals surface area contributed by atoms with Gasteiger partial charge in [-0.1, -0.05) is 0 Å². The Balaban J connectivity index is 1.73. The molecule has 0 radical (unpaired) electrons. The number of hydrogen-bond acceptors (Lipinski definition) is 2. The van der Waals surface area contributed by atoms with Crippen molar-refractivity contribution in [2.75, 3.05) is 5.32 Å². The Kier molecular flexibility index (Phi) is 4.87. The number of anilines is 1. The van der Waals surface area contributed by atoms with Crippen LogP contribution in [-0.4, -0.2) is 15.7 Å². The van der Waals surface area contributed by atoms with Gasteiger partial charge in [0, 0.05) is 30.6 Å². The molecule has 1 N–H and O–H groups in total. The molecule has 11 heteroatoms. The number of rotatable bonds is 5. The number of carbonyl (C=O) groups is 1. The van der Waals surface area contributed by atoms with E-state index in [9.17, 15) is 35.5 Å². The minimum absolute atomic E-state index is 0.00928. The minimum Gasteiger partial charge on any atom is -0.321 e. The van der Waals surface area contributed by atoms with Gasteiger partial charge in [-0.3, -0.25) is 9.48 Å². The maximum atomic E-state index is 13.5. The molecule has 1 saturated carbocycles. The number of aryl methyl sites for hydroxylation is 1. The van der Waals surface area contributed by atoms with Gasteiger partial charge in [-0.05, 0) is 18.9 Å². The molecule has 3 rings (SSSR count). The van der Waals surface area contributed by atoms with Crippen molar-refractivity contribution in [2.45, 2.75) is 37.9 Å². The van der Waals surface area contributed by atoms with Gasteiger partial charge < -0.3 is 5.32 Å². The van der Waals surface area contributed by atoms with Crippen molar-refractivity contribution in [1.29, 1.82) is 0 Å². The Labute approximate surface area is 148 Å². The minimum atomic E-state index is -4.65. The summed E-state index contributed by atoms with van der Waals surface area (Å²) in [6.07, 6.45) is -3.78. The lowest BCUT2D eigenvalue weighted by Gasteiger charge is -2.10. The predicted molar refractivity (Wildman–Crippen MR) is 78.7 cm³/mol. The average Bonchev–Trinajstić information content (AvgIpc) is 3.33. The molecule has 2 aromatic rings. The third-order valence-corrected chi connectivity index (χ3v) is 4.02. The maximum Gasteiger partial charge on any atom is 0.435 e. The highest BCUT2D eigenvalue weighted by atomic mass is 19.4. The molecule has 0 saturated heterocycles. The topological polar surface area (TPSA) is 46.9 Å². The fourth-order valence-corrected chi connectivity index (χ4v) is 2.55. The largest absolute Gasteiger partial charge is 0.435 e. The molecule has 0 atom stereocenters. The Bertz CT molecular complexity index is 861.